The number of nitrogens with one attached hydrogen (secondary N) is 3. The van der Waals surface area contributed by atoms with Crippen molar-refractivity contribution in [1.29, 1.82) is 0 Å². The molecule has 0 radical (unpaired) electrons. The Morgan fingerprint density at radius 2 is 1.61 bits per heavy atom. The van der Waals surface area contributed by atoms with Crippen LogP contribution in [-0.4, -0.2) is 16.9 Å². The van der Waals surface area contributed by atoms with Crippen LogP contribution in [0.2, 0.25) is 0 Å². The van der Waals surface area contributed by atoms with Crippen molar-refractivity contribution in [2.75, 3.05) is 10.6 Å². The van der Waals surface area contributed by atoms with Gasteiger partial charge in [-0.2, -0.15) is 0 Å². The second kappa shape index (κ2) is 7.51. The average Bonchev–Trinajstić information content (AvgIpc) is 2.46. The lowest BCUT2D eigenvalue weighted by atomic mass is 10.1. The SMILES string of the molecule is CC(=O)NC(=S)Nc1cccc(C(=O)Nc2cccc(C)c2)c1. The summed E-state index contributed by atoms with van der Waals surface area (Å²) in [5.41, 5.74) is 2.92. The lowest BCUT2D eigenvalue weighted by Gasteiger charge is -2.10. The molecule has 2 aromatic carbocycles. The Bertz CT molecular complexity index is 759. The van der Waals surface area contributed by atoms with Gasteiger partial charge in [0, 0.05) is 23.9 Å². The molecule has 0 aliphatic heterocycles. The maximum atomic E-state index is 12.3. The quantitative estimate of drug-likeness (QED) is 0.758. The fourth-order valence-corrected chi connectivity index (χ4v) is 2.25. The van der Waals surface area contributed by atoms with E-state index in [0.29, 0.717) is 11.3 Å². The van der Waals surface area contributed by atoms with Crippen LogP contribution >= 0.6 is 12.2 Å². The van der Waals surface area contributed by atoms with E-state index >= 15 is 0 Å². The Morgan fingerprint density at radius 3 is 2.26 bits per heavy atom. The van der Waals surface area contributed by atoms with Crippen molar-refractivity contribution in [2.45, 2.75) is 13.8 Å². The van der Waals surface area contributed by atoms with Crippen LogP contribution in [0.3, 0.4) is 0 Å². The number of carbonyl (C=O) groups is 2. The molecule has 0 aromatic heterocycles. The van der Waals surface area contributed by atoms with Crippen molar-refractivity contribution < 1.29 is 9.59 Å². The number of anilines is 2. The van der Waals surface area contributed by atoms with Crippen LogP contribution in [0.25, 0.3) is 0 Å². The number of hydrogen-bond donors (Lipinski definition) is 3. The number of aryl methyl sites for hydroxylation is 1. The number of carbonyl (C=O) groups excluding carboxylic acids is 2. The first-order valence-electron chi connectivity index (χ1n) is 7.01. The van der Waals surface area contributed by atoms with Crippen LogP contribution < -0.4 is 16.0 Å². The van der Waals surface area contributed by atoms with E-state index in [-0.39, 0.29) is 16.9 Å². The number of amides is 2. The van der Waals surface area contributed by atoms with Crippen molar-refractivity contribution in [1.82, 2.24) is 5.32 Å². The smallest absolute Gasteiger partial charge is 0.255 e. The van der Waals surface area contributed by atoms with Crippen molar-refractivity contribution in [3.63, 3.8) is 0 Å². The Labute approximate surface area is 140 Å². The molecule has 0 saturated carbocycles. The topological polar surface area (TPSA) is 70.2 Å². The van der Waals surface area contributed by atoms with Gasteiger partial charge in [-0.05, 0) is 55.0 Å². The molecule has 2 amide bonds. The van der Waals surface area contributed by atoms with Gasteiger partial charge in [0.15, 0.2) is 5.11 Å². The van der Waals surface area contributed by atoms with E-state index in [2.05, 4.69) is 16.0 Å². The van der Waals surface area contributed by atoms with Gasteiger partial charge >= 0.3 is 0 Å². The molecule has 2 aromatic rings. The Hall–Kier alpha value is -2.73. The third-order valence-corrected chi connectivity index (χ3v) is 3.15. The van der Waals surface area contributed by atoms with Crippen molar-refractivity contribution in [3.05, 3.63) is 59.7 Å². The second-order valence-corrected chi connectivity index (χ2v) is 5.45. The van der Waals surface area contributed by atoms with Crippen LogP contribution in [0.1, 0.15) is 22.8 Å². The molecule has 0 aliphatic rings. The fraction of sp³-hybridized carbons (Fsp3) is 0.118. The summed E-state index contributed by atoms with van der Waals surface area (Å²) in [6.07, 6.45) is 0. The Kier molecular flexibility index (Phi) is 5.43. The number of hydrogen-bond acceptors (Lipinski definition) is 3. The molecule has 0 spiro atoms. The summed E-state index contributed by atoms with van der Waals surface area (Å²) in [4.78, 5) is 23.2. The summed E-state index contributed by atoms with van der Waals surface area (Å²) in [7, 11) is 0. The lowest BCUT2D eigenvalue weighted by Crippen LogP contribution is -2.32. The van der Waals surface area contributed by atoms with Crippen LogP contribution in [0.15, 0.2) is 48.5 Å². The molecular formula is C17H17N3O2S. The maximum Gasteiger partial charge on any atom is 0.255 e. The Morgan fingerprint density at radius 1 is 0.957 bits per heavy atom. The highest BCUT2D eigenvalue weighted by Gasteiger charge is 2.08. The third kappa shape index (κ3) is 5.19. The van der Waals surface area contributed by atoms with Gasteiger partial charge in [0.25, 0.3) is 5.91 Å². The third-order valence-electron chi connectivity index (χ3n) is 2.95. The first kappa shape index (κ1) is 16.6. The summed E-state index contributed by atoms with van der Waals surface area (Å²) in [6.45, 7) is 3.34. The van der Waals surface area contributed by atoms with Gasteiger partial charge in [-0.25, -0.2) is 0 Å². The van der Waals surface area contributed by atoms with Gasteiger partial charge in [0.05, 0.1) is 0 Å². The summed E-state index contributed by atoms with van der Waals surface area (Å²) in [5, 5.41) is 8.36. The van der Waals surface area contributed by atoms with Gasteiger partial charge < -0.3 is 16.0 Å². The largest absolute Gasteiger partial charge is 0.332 e. The summed E-state index contributed by atoms with van der Waals surface area (Å²) in [5.74, 6) is -0.472. The minimum absolute atomic E-state index is 0.189. The molecule has 0 bridgehead atoms. The van der Waals surface area contributed by atoms with E-state index in [9.17, 15) is 9.59 Å². The summed E-state index contributed by atoms with van der Waals surface area (Å²) >= 11 is 5.00. The minimum atomic E-state index is -0.254. The maximum absolute atomic E-state index is 12.3. The lowest BCUT2D eigenvalue weighted by molar-refractivity contribution is -0.117. The molecule has 23 heavy (non-hydrogen) atoms. The van der Waals surface area contributed by atoms with Gasteiger partial charge in [-0.3, -0.25) is 9.59 Å². The minimum Gasteiger partial charge on any atom is -0.332 e. The van der Waals surface area contributed by atoms with E-state index < -0.39 is 0 Å². The molecule has 118 valence electrons. The molecule has 6 heteroatoms. The zero-order chi connectivity index (χ0) is 16.8. The molecular weight excluding hydrogens is 310 g/mol. The normalized spacial score (nSPS) is 9.83. The van der Waals surface area contributed by atoms with Gasteiger partial charge in [0.2, 0.25) is 5.91 Å². The Balaban J connectivity index is 2.08. The molecule has 2 rings (SSSR count). The van der Waals surface area contributed by atoms with Crippen LogP contribution in [0, 0.1) is 6.92 Å². The number of rotatable bonds is 3. The van der Waals surface area contributed by atoms with Crippen LogP contribution in [0.5, 0.6) is 0 Å². The molecule has 0 aliphatic carbocycles. The monoisotopic (exact) mass is 327 g/mol. The zero-order valence-electron chi connectivity index (χ0n) is 12.8. The molecule has 0 saturated heterocycles. The van der Waals surface area contributed by atoms with E-state index in [1.165, 1.54) is 6.92 Å². The van der Waals surface area contributed by atoms with E-state index in [0.717, 1.165) is 11.3 Å². The molecule has 3 N–H and O–H groups in total. The summed E-state index contributed by atoms with van der Waals surface area (Å²) in [6, 6.07) is 14.4. The first-order chi connectivity index (χ1) is 10.9. The second-order valence-electron chi connectivity index (χ2n) is 5.04. The van der Waals surface area contributed by atoms with Gasteiger partial charge in [-0.15, -0.1) is 0 Å². The molecule has 5 nitrogen and oxygen atoms in total. The van der Waals surface area contributed by atoms with Gasteiger partial charge in [0.1, 0.15) is 0 Å². The van der Waals surface area contributed by atoms with Crippen molar-refractivity contribution >= 4 is 40.5 Å². The molecule has 0 atom stereocenters. The molecule has 0 unspecified atom stereocenters. The number of thiocarbonyl (C=S) groups is 1. The van der Waals surface area contributed by atoms with Crippen molar-refractivity contribution in [3.8, 4) is 0 Å². The number of benzene rings is 2. The average molecular weight is 327 g/mol. The molecule has 0 fully saturated rings. The van der Waals surface area contributed by atoms with Crippen LogP contribution in [-0.2, 0) is 4.79 Å². The fourth-order valence-electron chi connectivity index (χ4n) is 1.99. The summed E-state index contributed by atoms with van der Waals surface area (Å²) < 4.78 is 0. The van der Waals surface area contributed by atoms with Crippen LogP contribution in [0.4, 0.5) is 11.4 Å². The standard InChI is InChI=1S/C17H17N3O2S/c1-11-5-3-7-14(9-11)19-16(22)13-6-4-8-15(10-13)20-17(23)18-12(2)21/h3-10H,1-2H3,(H,19,22)(H2,18,20,21,23). The highest BCUT2D eigenvalue weighted by Crippen LogP contribution is 2.14. The first-order valence-corrected chi connectivity index (χ1v) is 7.41. The zero-order valence-corrected chi connectivity index (χ0v) is 13.7. The predicted molar refractivity (Wildman–Crippen MR) is 95.6 cm³/mol. The van der Waals surface area contributed by atoms with E-state index in [4.69, 9.17) is 12.2 Å². The van der Waals surface area contributed by atoms with Crippen molar-refractivity contribution in [2.24, 2.45) is 0 Å². The highest BCUT2D eigenvalue weighted by atomic mass is 32.1. The predicted octanol–water partition coefficient (Wildman–Crippen LogP) is 3.08. The highest BCUT2D eigenvalue weighted by molar-refractivity contribution is 7.80. The van der Waals surface area contributed by atoms with E-state index in [1.54, 1.807) is 24.3 Å². The van der Waals surface area contributed by atoms with Gasteiger partial charge in [-0.1, -0.05) is 18.2 Å². The molecule has 0 heterocycles. The van der Waals surface area contributed by atoms with E-state index in [1.807, 2.05) is 31.2 Å².